The molecule has 0 bridgehead atoms. The number of carbonyl (C=O) groups is 2. The zero-order valence-electron chi connectivity index (χ0n) is 38.3. The maximum atomic E-state index is 13.1. The van der Waals surface area contributed by atoms with Crippen molar-refractivity contribution in [2.45, 2.75) is 64.4 Å². The van der Waals surface area contributed by atoms with E-state index in [4.69, 9.17) is 43.4 Å². The summed E-state index contributed by atoms with van der Waals surface area (Å²) in [7, 11) is 0. The van der Waals surface area contributed by atoms with E-state index in [0.29, 0.717) is 95.7 Å². The van der Waals surface area contributed by atoms with E-state index in [9.17, 15) is 24.9 Å². The number of thiocarbonyl (C=S) groups is 2. The van der Waals surface area contributed by atoms with Crippen LogP contribution in [0.1, 0.15) is 99.1 Å². The number of hydrogen-bond acceptors (Lipinski definition) is 13. The molecule has 1 unspecified atom stereocenters. The van der Waals surface area contributed by atoms with Crippen LogP contribution >= 0.6 is 24.4 Å². The zero-order valence-corrected chi connectivity index (χ0v) is 39.9. The van der Waals surface area contributed by atoms with Crippen molar-refractivity contribution >= 4 is 58.0 Å². The molecule has 5 heterocycles. The number of aromatic nitrogens is 3. The maximum Gasteiger partial charge on any atom is 0.340 e. The fourth-order valence-electron chi connectivity index (χ4n) is 9.09. The first kappa shape index (κ1) is 45.6. The summed E-state index contributed by atoms with van der Waals surface area (Å²) in [6.45, 7) is 10.4. The van der Waals surface area contributed by atoms with Crippen molar-refractivity contribution in [3.63, 3.8) is 0 Å². The Hall–Kier alpha value is -8.22. The van der Waals surface area contributed by atoms with Gasteiger partial charge < -0.3 is 55.5 Å². The number of phenols is 3. The number of rotatable bonds is 6. The molecule has 18 heteroatoms. The SMILES string of the molecule is CC(C)NC(=S)Nc1ccc2c(c1)C1(OC2=O)c2ccc(O)cc2Oc2cc(O)ccc21.Cc1ccc2c(c1)Oc1cc(O)ccc1C21OC(=O)c2ccc(NC(=S)NCc3cn(C(C)C)nn3)cc21. The number of ether oxygens (including phenoxy) is 4. The van der Waals surface area contributed by atoms with Gasteiger partial charge in [-0.2, -0.15) is 0 Å². The van der Waals surface area contributed by atoms with Crippen LogP contribution in [0.5, 0.6) is 40.2 Å². The topological polar surface area (TPSA) is 211 Å². The van der Waals surface area contributed by atoms with Gasteiger partial charge in [0.05, 0.1) is 23.9 Å². The number of nitrogens with zero attached hydrogens (tertiary/aromatic N) is 3. The Bertz CT molecular complexity index is 3230. The molecule has 0 aliphatic carbocycles. The molecule has 6 aromatic carbocycles. The third-order valence-corrected chi connectivity index (χ3v) is 12.6. The summed E-state index contributed by atoms with van der Waals surface area (Å²) >= 11 is 10.9. The van der Waals surface area contributed by atoms with E-state index < -0.39 is 23.1 Å². The maximum absolute atomic E-state index is 13.1. The Morgan fingerprint density at radius 1 is 0.614 bits per heavy atom. The van der Waals surface area contributed by atoms with Crippen molar-refractivity contribution in [1.29, 1.82) is 0 Å². The second-order valence-electron chi connectivity index (χ2n) is 17.8. The standard InChI is InChI=1S/C28H25N5O4S.C24H20N2O5S/c1-15(2)33-14-18(31-32-33)13-29-27(38)30-17-5-7-20-23(11-17)28(37-26(20)35)21-8-4-16(3)10-24(21)36-25-12-19(34)6-9-22(25)28;1-12(2)25-23(32)26-13-3-6-16-19(9-13)24(31-22(16)29)17-7-4-14(27)10-20(17)30-21-11-15(28)5-8-18(21)24/h4-12,14-15,34H,13H2,1-3H3,(H2,29,30,38);3-12,27-28H,1-2H3,(H2,25,26,32). The number of esters is 2. The fourth-order valence-corrected chi connectivity index (χ4v) is 9.64. The van der Waals surface area contributed by atoms with Gasteiger partial charge in [0.15, 0.2) is 21.4 Å². The van der Waals surface area contributed by atoms with Gasteiger partial charge in [-0.15, -0.1) is 5.10 Å². The first-order chi connectivity index (χ1) is 33.5. The lowest BCUT2D eigenvalue weighted by atomic mass is 9.77. The van der Waals surface area contributed by atoms with Crippen molar-refractivity contribution in [3.05, 3.63) is 171 Å². The van der Waals surface area contributed by atoms with Crippen molar-refractivity contribution in [2.75, 3.05) is 10.6 Å². The predicted molar refractivity (Wildman–Crippen MR) is 267 cm³/mol. The normalized spacial score (nSPS) is 15.9. The summed E-state index contributed by atoms with van der Waals surface area (Å²) < 4.78 is 26.1. The summed E-state index contributed by atoms with van der Waals surface area (Å²) in [5.74, 6) is 0.808. The van der Waals surface area contributed by atoms with Crippen LogP contribution in [0.15, 0.2) is 115 Å². The minimum atomic E-state index is -1.30. The van der Waals surface area contributed by atoms with E-state index >= 15 is 0 Å². The number of carbonyl (C=O) groups excluding carboxylic acids is 2. The number of aryl methyl sites for hydroxylation is 1. The highest BCUT2D eigenvalue weighted by atomic mass is 32.1. The van der Waals surface area contributed by atoms with E-state index in [0.717, 1.165) is 11.3 Å². The molecule has 70 heavy (non-hydrogen) atoms. The van der Waals surface area contributed by atoms with Crippen molar-refractivity contribution < 1.29 is 43.9 Å². The van der Waals surface area contributed by atoms with Gasteiger partial charge in [-0.05, 0) is 143 Å². The number of hydrogen-bond donors (Lipinski definition) is 7. The van der Waals surface area contributed by atoms with Gasteiger partial charge in [-0.3, -0.25) is 0 Å². The third kappa shape index (κ3) is 7.89. The summed E-state index contributed by atoms with van der Waals surface area (Å²) in [6.07, 6.45) is 1.88. The molecular formula is C52H45N7O9S2. The number of benzene rings is 6. The second kappa shape index (κ2) is 17.4. The molecule has 354 valence electrons. The molecule has 4 aliphatic heterocycles. The zero-order chi connectivity index (χ0) is 49.2. The molecule has 4 aliphatic rings. The largest absolute Gasteiger partial charge is 0.508 e. The summed E-state index contributed by atoms with van der Waals surface area (Å²) in [5, 5.41) is 51.9. The number of fused-ring (bicyclic) bond motifs is 12. The molecule has 0 saturated heterocycles. The molecular weight excluding hydrogens is 931 g/mol. The Labute approximate surface area is 412 Å². The first-order valence-electron chi connectivity index (χ1n) is 22.3. The summed E-state index contributed by atoms with van der Waals surface area (Å²) in [5.41, 5.74) is 5.21. The smallest absolute Gasteiger partial charge is 0.340 e. The van der Waals surface area contributed by atoms with Crippen LogP contribution < -0.4 is 30.7 Å². The molecule has 2 spiro atoms. The second-order valence-corrected chi connectivity index (χ2v) is 18.6. The van der Waals surface area contributed by atoms with Crippen LogP contribution in [0.3, 0.4) is 0 Å². The molecule has 16 nitrogen and oxygen atoms in total. The number of phenolic OH excluding ortho intramolecular Hbond substituents is 3. The molecule has 7 aromatic rings. The van der Waals surface area contributed by atoms with Gasteiger partial charge in [-0.25, -0.2) is 14.3 Å². The molecule has 0 fully saturated rings. The monoisotopic (exact) mass is 975 g/mol. The van der Waals surface area contributed by atoms with Crippen LogP contribution in [0.2, 0.25) is 0 Å². The Balaban J connectivity index is 0.000000165. The van der Waals surface area contributed by atoms with Gasteiger partial charge in [0, 0.05) is 75.0 Å². The highest BCUT2D eigenvalue weighted by Crippen LogP contribution is 2.59. The Morgan fingerprint density at radius 3 is 1.53 bits per heavy atom. The van der Waals surface area contributed by atoms with Crippen molar-refractivity contribution in [3.8, 4) is 40.2 Å². The van der Waals surface area contributed by atoms with E-state index in [1.54, 1.807) is 53.2 Å². The van der Waals surface area contributed by atoms with E-state index in [1.165, 1.54) is 30.3 Å². The van der Waals surface area contributed by atoms with E-state index in [-0.39, 0.29) is 29.3 Å². The Kier molecular flexibility index (Phi) is 11.3. The van der Waals surface area contributed by atoms with Crippen LogP contribution in [0.4, 0.5) is 11.4 Å². The quantitative estimate of drug-likeness (QED) is 0.0611. The highest BCUT2D eigenvalue weighted by Gasteiger charge is 2.55. The molecule has 0 radical (unpaired) electrons. The molecule has 1 atom stereocenters. The molecule has 1 aromatic heterocycles. The van der Waals surface area contributed by atoms with Gasteiger partial charge in [0.2, 0.25) is 0 Å². The van der Waals surface area contributed by atoms with Gasteiger partial charge in [-0.1, -0.05) is 17.3 Å². The van der Waals surface area contributed by atoms with Crippen molar-refractivity contribution in [1.82, 2.24) is 25.6 Å². The Morgan fingerprint density at radius 2 is 1.07 bits per heavy atom. The molecule has 0 amide bonds. The van der Waals surface area contributed by atoms with Gasteiger partial charge >= 0.3 is 11.9 Å². The van der Waals surface area contributed by atoms with Crippen LogP contribution in [0, 0.1) is 6.92 Å². The number of anilines is 2. The lowest BCUT2D eigenvalue weighted by molar-refractivity contribution is 0.0214. The first-order valence-corrected chi connectivity index (χ1v) is 23.1. The summed E-state index contributed by atoms with van der Waals surface area (Å²) in [4.78, 5) is 26.1. The predicted octanol–water partition coefficient (Wildman–Crippen LogP) is 9.29. The van der Waals surface area contributed by atoms with E-state index in [2.05, 4.69) is 31.6 Å². The van der Waals surface area contributed by atoms with Gasteiger partial charge in [0.1, 0.15) is 45.9 Å². The van der Waals surface area contributed by atoms with Crippen LogP contribution in [-0.2, 0) is 27.2 Å². The van der Waals surface area contributed by atoms with Gasteiger partial charge in [0.25, 0.3) is 0 Å². The average Bonchev–Trinajstić information content (AvgIpc) is 3.98. The summed E-state index contributed by atoms with van der Waals surface area (Å²) in [6, 6.07) is 31.0. The minimum absolute atomic E-state index is 0.00701. The average molecular weight is 976 g/mol. The third-order valence-electron chi connectivity index (χ3n) is 12.2. The fraction of sp³-hybridized carbons (Fsp3) is 0.192. The number of aromatic hydroxyl groups is 3. The highest BCUT2D eigenvalue weighted by molar-refractivity contribution is 7.80. The number of nitrogens with one attached hydrogen (secondary N) is 4. The van der Waals surface area contributed by atoms with Crippen molar-refractivity contribution in [2.24, 2.45) is 0 Å². The minimum Gasteiger partial charge on any atom is -0.508 e. The van der Waals surface area contributed by atoms with E-state index in [1.807, 2.05) is 71.1 Å². The lowest BCUT2D eigenvalue weighted by Gasteiger charge is -2.36. The molecule has 7 N–H and O–H groups in total. The lowest BCUT2D eigenvalue weighted by Crippen LogP contribution is -2.34. The van der Waals surface area contributed by atoms with Crippen LogP contribution in [0.25, 0.3) is 0 Å². The molecule has 0 saturated carbocycles. The van der Waals surface area contributed by atoms with Crippen LogP contribution in [-0.4, -0.2) is 58.5 Å². The molecule has 11 rings (SSSR count).